The van der Waals surface area contributed by atoms with Crippen LogP contribution in [-0.2, 0) is 9.53 Å². The number of ether oxygens (including phenoxy) is 1. The van der Waals surface area contributed by atoms with Crippen LogP contribution in [0.2, 0.25) is 0 Å². The molecule has 2 nitrogen and oxygen atoms in total. The minimum atomic E-state index is -0.271. The third-order valence-electron chi connectivity index (χ3n) is 2.62. The van der Waals surface area contributed by atoms with E-state index in [1.165, 1.54) is 38.5 Å². The van der Waals surface area contributed by atoms with E-state index < -0.39 is 0 Å². The van der Waals surface area contributed by atoms with Gasteiger partial charge in [-0.15, -0.1) is 0 Å². The Balaban J connectivity index is 3.36. The SMILES string of the molecule is C=C(C)C(=O)OC(I)CCCCCCCCC. The standard InChI is InChI=1S/C14H25IO2/c1-4-5-6-7-8-9-10-11-13(15)17-14(16)12(2)3/h13H,2,4-11H2,1,3H3. The lowest BCUT2D eigenvalue weighted by Gasteiger charge is -2.11. The molecule has 0 aromatic heterocycles. The van der Waals surface area contributed by atoms with Gasteiger partial charge >= 0.3 is 5.97 Å². The molecule has 0 aromatic carbocycles. The van der Waals surface area contributed by atoms with Gasteiger partial charge in [0.2, 0.25) is 0 Å². The number of carbonyl (C=O) groups is 1. The fourth-order valence-corrected chi connectivity index (χ4v) is 2.21. The first-order chi connectivity index (χ1) is 8.07. The molecule has 1 atom stereocenters. The van der Waals surface area contributed by atoms with Crippen molar-refractivity contribution in [3.05, 3.63) is 12.2 Å². The van der Waals surface area contributed by atoms with E-state index in [2.05, 4.69) is 36.1 Å². The van der Waals surface area contributed by atoms with Gasteiger partial charge in [-0.2, -0.15) is 0 Å². The van der Waals surface area contributed by atoms with Gasteiger partial charge in [-0.3, -0.25) is 0 Å². The van der Waals surface area contributed by atoms with E-state index in [1.54, 1.807) is 6.92 Å². The maximum absolute atomic E-state index is 11.2. The van der Waals surface area contributed by atoms with Crippen LogP contribution in [-0.4, -0.2) is 10.1 Å². The Morgan fingerprint density at radius 3 is 2.24 bits per heavy atom. The smallest absolute Gasteiger partial charge is 0.334 e. The number of esters is 1. The number of carbonyl (C=O) groups excluding carboxylic acids is 1. The van der Waals surface area contributed by atoms with Gasteiger partial charge < -0.3 is 4.74 Å². The number of hydrogen-bond acceptors (Lipinski definition) is 2. The Labute approximate surface area is 119 Å². The average molecular weight is 352 g/mol. The zero-order valence-corrected chi connectivity index (χ0v) is 13.3. The maximum atomic E-state index is 11.2. The van der Waals surface area contributed by atoms with Crippen molar-refractivity contribution in [3.63, 3.8) is 0 Å². The highest BCUT2D eigenvalue weighted by atomic mass is 127. The maximum Gasteiger partial charge on any atom is 0.334 e. The highest BCUT2D eigenvalue weighted by Crippen LogP contribution is 2.16. The Hall–Kier alpha value is -0.0600. The summed E-state index contributed by atoms with van der Waals surface area (Å²) in [6.45, 7) is 7.48. The second-order valence-electron chi connectivity index (χ2n) is 4.51. The van der Waals surface area contributed by atoms with Crippen molar-refractivity contribution >= 4 is 28.6 Å². The fourth-order valence-electron chi connectivity index (χ4n) is 1.54. The lowest BCUT2D eigenvalue weighted by atomic mass is 10.1. The number of alkyl halides is 1. The summed E-state index contributed by atoms with van der Waals surface area (Å²) in [6.07, 6.45) is 9.99. The average Bonchev–Trinajstić information content (AvgIpc) is 2.27. The predicted octanol–water partition coefficient (Wildman–Crippen LogP) is 5.01. The summed E-state index contributed by atoms with van der Waals surface area (Å²) in [4.78, 5) is 11.2. The minimum absolute atomic E-state index is 0.00700. The Morgan fingerprint density at radius 1 is 1.18 bits per heavy atom. The van der Waals surface area contributed by atoms with Gasteiger partial charge in [-0.25, -0.2) is 4.79 Å². The summed E-state index contributed by atoms with van der Waals surface area (Å²) < 4.78 is 5.20. The molecule has 0 aliphatic heterocycles. The van der Waals surface area contributed by atoms with Crippen molar-refractivity contribution in [2.24, 2.45) is 0 Å². The van der Waals surface area contributed by atoms with Crippen molar-refractivity contribution in [1.29, 1.82) is 0 Å². The highest BCUT2D eigenvalue weighted by Gasteiger charge is 2.10. The molecule has 0 amide bonds. The van der Waals surface area contributed by atoms with Crippen LogP contribution in [0.5, 0.6) is 0 Å². The molecular weight excluding hydrogens is 327 g/mol. The second-order valence-corrected chi connectivity index (χ2v) is 5.90. The number of unbranched alkanes of at least 4 members (excludes halogenated alkanes) is 6. The Morgan fingerprint density at radius 2 is 1.71 bits per heavy atom. The number of rotatable bonds is 10. The summed E-state index contributed by atoms with van der Waals surface area (Å²) in [5, 5.41) is 0. The van der Waals surface area contributed by atoms with E-state index in [-0.39, 0.29) is 10.1 Å². The van der Waals surface area contributed by atoms with Crippen molar-refractivity contribution in [3.8, 4) is 0 Å². The van der Waals surface area contributed by atoms with E-state index in [1.807, 2.05) is 0 Å². The molecule has 0 radical (unpaired) electrons. The molecule has 17 heavy (non-hydrogen) atoms. The van der Waals surface area contributed by atoms with Crippen LogP contribution in [0.3, 0.4) is 0 Å². The largest absolute Gasteiger partial charge is 0.448 e. The van der Waals surface area contributed by atoms with Crippen LogP contribution >= 0.6 is 22.6 Å². The lowest BCUT2D eigenvalue weighted by molar-refractivity contribution is -0.139. The first kappa shape index (κ1) is 16.9. The Bertz CT molecular complexity index is 226. The van der Waals surface area contributed by atoms with Crippen molar-refractivity contribution in [1.82, 2.24) is 0 Å². The zero-order valence-electron chi connectivity index (χ0n) is 11.1. The van der Waals surface area contributed by atoms with Crippen molar-refractivity contribution in [2.45, 2.75) is 69.3 Å². The van der Waals surface area contributed by atoms with Crippen molar-refractivity contribution in [2.75, 3.05) is 0 Å². The van der Waals surface area contributed by atoms with E-state index in [0.29, 0.717) is 5.57 Å². The molecule has 0 N–H and O–H groups in total. The normalized spacial score (nSPS) is 12.2. The van der Waals surface area contributed by atoms with E-state index >= 15 is 0 Å². The van der Waals surface area contributed by atoms with Gasteiger partial charge in [0.25, 0.3) is 0 Å². The van der Waals surface area contributed by atoms with Gasteiger partial charge in [0.05, 0.1) is 0 Å². The van der Waals surface area contributed by atoms with Crippen LogP contribution in [0.25, 0.3) is 0 Å². The van der Waals surface area contributed by atoms with Gasteiger partial charge in [0.1, 0.15) is 0 Å². The third-order valence-corrected chi connectivity index (χ3v) is 3.50. The van der Waals surface area contributed by atoms with E-state index in [9.17, 15) is 4.79 Å². The summed E-state index contributed by atoms with van der Waals surface area (Å²) >= 11 is 2.18. The molecule has 100 valence electrons. The van der Waals surface area contributed by atoms with Gasteiger partial charge in [-0.1, -0.05) is 52.0 Å². The van der Waals surface area contributed by atoms with Crippen LogP contribution in [0.1, 0.15) is 65.2 Å². The predicted molar refractivity (Wildman–Crippen MR) is 81.3 cm³/mol. The third kappa shape index (κ3) is 10.8. The highest BCUT2D eigenvalue weighted by molar-refractivity contribution is 14.1. The second kappa shape index (κ2) is 11.1. The van der Waals surface area contributed by atoms with Gasteiger partial charge in [0, 0.05) is 5.57 Å². The zero-order chi connectivity index (χ0) is 13.1. The molecule has 0 spiro atoms. The first-order valence-corrected chi connectivity index (χ1v) is 7.83. The number of halogens is 1. The van der Waals surface area contributed by atoms with E-state index in [4.69, 9.17) is 4.74 Å². The van der Waals surface area contributed by atoms with Crippen molar-refractivity contribution < 1.29 is 9.53 Å². The molecule has 0 fully saturated rings. The Kier molecular flexibility index (Phi) is 11.0. The molecule has 0 bridgehead atoms. The molecule has 3 heteroatoms. The van der Waals surface area contributed by atoms with Gasteiger partial charge in [-0.05, 0) is 42.4 Å². The van der Waals surface area contributed by atoms with E-state index in [0.717, 1.165) is 12.8 Å². The molecule has 0 heterocycles. The molecule has 0 saturated carbocycles. The molecule has 0 aliphatic carbocycles. The summed E-state index contributed by atoms with van der Waals surface area (Å²) in [7, 11) is 0. The molecular formula is C14H25IO2. The molecule has 1 unspecified atom stereocenters. The van der Waals surface area contributed by atoms with Crippen LogP contribution in [0.15, 0.2) is 12.2 Å². The lowest BCUT2D eigenvalue weighted by Crippen LogP contribution is -2.12. The van der Waals surface area contributed by atoms with Gasteiger partial charge in [0.15, 0.2) is 4.11 Å². The quantitative estimate of drug-likeness (QED) is 0.182. The minimum Gasteiger partial charge on any atom is -0.448 e. The molecule has 0 aliphatic rings. The molecule has 0 rings (SSSR count). The van der Waals surface area contributed by atoms with Crippen LogP contribution in [0, 0.1) is 0 Å². The topological polar surface area (TPSA) is 26.3 Å². The summed E-state index contributed by atoms with van der Waals surface area (Å²) in [6, 6.07) is 0. The van der Waals surface area contributed by atoms with Crippen LogP contribution in [0.4, 0.5) is 0 Å². The molecule has 0 aromatic rings. The summed E-state index contributed by atoms with van der Waals surface area (Å²) in [5.74, 6) is -0.271. The monoisotopic (exact) mass is 352 g/mol. The first-order valence-electron chi connectivity index (χ1n) is 6.58. The summed E-state index contributed by atoms with van der Waals surface area (Å²) in [5.41, 5.74) is 0.478. The number of hydrogen-bond donors (Lipinski definition) is 0. The van der Waals surface area contributed by atoms with Crippen LogP contribution < -0.4 is 0 Å². The fraction of sp³-hybridized carbons (Fsp3) is 0.786. The molecule has 0 saturated heterocycles.